The molecule has 1 aromatic heterocycles. The first-order valence-corrected chi connectivity index (χ1v) is 4.99. The van der Waals surface area contributed by atoms with Crippen molar-refractivity contribution in [3.63, 3.8) is 0 Å². The topological polar surface area (TPSA) is 54.3 Å². The maximum absolute atomic E-state index is 11.8. The molecule has 0 aliphatic rings. The largest absolute Gasteiger partial charge is 0.468 e. The molecule has 0 bridgehead atoms. The maximum atomic E-state index is 11.8. The lowest BCUT2D eigenvalue weighted by molar-refractivity contribution is -0.137. The lowest BCUT2D eigenvalue weighted by Crippen LogP contribution is -2.39. The van der Waals surface area contributed by atoms with Gasteiger partial charge in [-0.2, -0.15) is 13.2 Å². The zero-order valence-corrected chi connectivity index (χ0v) is 9.17. The number of furan rings is 1. The monoisotopic (exact) mass is 250 g/mol. The molecule has 0 fully saturated rings. The second-order valence-corrected chi connectivity index (χ2v) is 3.51. The number of nitrogens with one attached hydrogen (secondary N) is 2. The molecule has 0 unspecified atom stereocenters. The van der Waals surface area contributed by atoms with Crippen LogP contribution in [0.25, 0.3) is 0 Å². The Morgan fingerprint density at radius 2 is 2.24 bits per heavy atom. The van der Waals surface area contributed by atoms with Gasteiger partial charge in [-0.1, -0.05) is 0 Å². The van der Waals surface area contributed by atoms with Gasteiger partial charge in [0.25, 0.3) is 0 Å². The number of rotatable bonds is 5. The first kappa shape index (κ1) is 13.6. The Bertz CT molecular complexity index is 349. The van der Waals surface area contributed by atoms with Crippen molar-refractivity contribution in [3.05, 3.63) is 24.2 Å². The van der Waals surface area contributed by atoms with Gasteiger partial charge in [0.2, 0.25) is 5.91 Å². The second-order valence-electron chi connectivity index (χ2n) is 3.51. The number of halogens is 3. The summed E-state index contributed by atoms with van der Waals surface area (Å²) in [6.07, 6.45) is -2.90. The minimum absolute atomic E-state index is 0.196. The van der Waals surface area contributed by atoms with Crippen LogP contribution in [0.5, 0.6) is 0 Å². The lowest BCUT2D eigenvalue weighted by Gasteiger charge is -2.12. The zero-order valence-electron chi connectivity index (χ0n) is 9.17. The predicted molar refractivity (Wildman–Crippen MR) is 54.2 cm³/mol. The van der Waals surface area contributed by atoms with Crippen molar-refractivity contribution < 1.29 is 22.4 Å². The van der Waals surface area contributed by atoms with Gasteiger partial charge in [-0.05, 0) is 19.1 Å². The van der Waals surface area contributed by atoms with Crippen LogP contribution in [-0.4, -0.2) is 25.2 Å². The van der Waals surface area contributed by atoms with Gasteiger partial charge in [0.1, 0.15) is 12.3 Å². The molecule has 0 aliphatic carbocycles. The Balaban J connectivity index is 2.24. The third kappa shape index (κ3) is 5.39. The van der Waals surface area contributed by atoms with Gasteiger partial charge >= 0.3 is 6.18 Å². The first-order valence-electron chi connectivity index (χ1n) is 4.99. The minimum Gasteiger partial charge on any atom is -0.468 e. The molecule has 7 heteroatoms. The Kier molecular flexibility index (Phi) is 4.56. The fourth-order valence-electron chi connectivity index (χ4n) is 1.15. The van der Waals surface area contributed by atoms with Crippen molar-refractivity contribution in [2.24, 2.45) is 0 Å². The Morgan fingerprint density at radius 1 is 1.53 bits per heavy atom. The average Bonchev–Trinajstić information content (AvgIpc) is 2.75. The first-order chi connectivity index (χ1) is 7.88. The Morgan fingerprint density at radius 3 is 2.76 bits per heavy atom. The summed E-state index contributed by atoms with van der Waals surface area (Å²) in [5.41, 5.74) is 0. The minimum atomic E-state index is -4.39. The molecule has 0 saturated carbocycles. The van der Waals surface area contributed by atoms with Crippen LogP contribution >= 0.6 is 0 Å². The van der Waals surface area contributed by atoms with E-state index in [0.717, 1.165) is 0 Å². The SMILES string of the molecule is C[C@H](NCC(=O)NCC(F)(F)F)c1ccco1. The number of hydrogen-bond donors (Lipinski definition) is 2. The van der Waals surface area contributed by atoms with Crippen molar-refractivity contribution in [2.75, 3.05) is 13.1 Å². The number of carbonyl (C=O) groups excluding carboxylic acids is 1. The van der Waals surface area contributed by atoms with Crippen LogP contribution in [0.15, 0.2) is 22.8 Å². The number of hydrogen-bond acceptors (Lipinski definition) is 3. The molecule has 1 rings (SSSR count). The van der Waals surface area contributed by atoms with Gasteiger partial charge in [-0.15, -0.1) is 0 Å². The van der Waals surface area contributed by atoms with Crippen molar-refractivity contribution in [2.45, 2.75) is 19.1 Å². The van der Waals surface area contributed by atoms with Gasteiger partial charge in [-0.25, -0.2) is 0 Å². The maximum Gasteiger partial charge on any atom is 0.405 e. The molecule has 0 spiro atoms. The molecule has 0 aliphatic heterocycles. The highest BCUT2D eigenvalue weighted by Gasteiger charge is 2.27. The summed E-state index contributed by atoms with van der Waals surface area (Å²) in [5, 5.41) is 4.51. The predicted octanol–water partition coefficient (Wildman–Crippen LogP) is 1.61. The van der Waals surface area contributed by atoms with E-state index in [4.69, 9.17) is 4.42 Å². The number of carbonyl (C=O) groups is 1. The molecule has 96 valence electrons. The van der Waals surface area contributed by atoms with Crippen LogP contribution in [-0.2, 0) is 4.79 Å². The van der Waals surface area contributed by atoms with Crippen LogP contribution in [0.1, 0.15) is 18.7 Å². The molecular weight excluding hydrogens is 237 g/mol. The molecule has 2 N–H and O–H groups in total. The fraction of sp³-hybridized carbons (Fsp3) is 0.500. The van der Waals surface area contributed by atoms with Crippen molar-refractivity contribution in [1.82, 2.24) is 10.6 Å². The zero-order chi connectivity index (χ0) is 12.9. The van der Waals surface area contributed by atoms with Crippen molar-refractivity contribution >= 4 is 5.91 Å². The van der Waals surface area contributed by atoms with Gasteiger partial charge in [0.05, 0.1) is 18.8 Å². The number of amides is 1. The highest BCUT2D eigenvalue weighted by atomic mass is 19.4. The molecule has 0 saturated heterocycles. The van der Waals surface area contributed by atoms with Gasteiger partial charge in [-0.3, -0.25) is 10.1 Å². The normalized spacial score (nSPS) is 13.4. The van der Waals surface area contributed by atoms with Crippen LogP contribution in [0.4, 0.5) is 13.2 Å². The molecule has 4 nitrogen and oxygen atoms in total. The molecule has 1 heterocycles. The van der Waals surface area contributed by atoms with Crippen LogP contribution in [0.3, 0.4) is 0 Å². The van der Waals surface area contributed by atoms with E-state index in [0.29, 0.717) is 5.76 Å². The lowest BCUT2D eigenvalue weighted by atomic mass is 10.2. The van der Waals surface area contributed by atoms with Crippen LogP contribution in [0, 0.1) is 0 Å². The van der Waals surface area contributed by atoms with E-state index in [2.05, 4.69) is 5.32 Å². The van der Waals surface area contributed by atoms with Crippen molar-refractivity contribution in [1.29, 1.82) is 0 Å². The second kappa shape index (κ2) is 5.72. The van der Waals surface area contributed by atoms with E-state index in [1.165, 1.54) is 6.26 Å². The highest BCUT2D eigenvalue weighted by Crippen LogP contribution is 2.12. The van der Waals surface area contributed by atoms with Gasteiger partial charge in [0, 0.05) is 0 Å². The van der Waals surface area contributed by atoms with E-state index in [-0.39, 0.29) is 12.6 Å². The summed E-state index contributed by atoms with van der Waals surface area (Å²) in [7, 11) is 0. The molecular formula is C10H13F3N2O2. The summed E-state index contributed by atoms with van der Waals surface area (Å²) in [6, 6.07) is 3.17. The molecule has 0 aromatic carbocycles. The highest BCUT2D eigenvalue weighted by molar-refractivity contribution is 5.78. The molecule has 0 radical (unpaired) electrons. The van der Waals surface area contributed by atoms with Crippen LogP contribution in [0.2, 0.25) is 0 Å². The summed E-state index contributed by atoms with van der Waals surface area (Å²) < 4.78 is 40.4. The Labute approximate surface area is 96.2 Å². The summed E-state index contributed by atoms with van der Waals surface area (Å²) in [6.45, 7) is 0.233. The van der Waals surface area contributed by atoms with E-state index in [1.807, 2.05) is 0 Å². The third-order valence-electron chi connectivity index (χ3n) is 2.02. The molecule has 1 atom stereocenters. The van der Waals surface area contributed by atoms with Gasteiger partial charge in [0.15, 0.2) is 0 Å². The van der Waals surface area contributed by atoms with Gasteiger partial charge < -0.3 is 9.73 Å². The third-order valence-corrected chi connectivity index (χ3v) is 2.02. The quantitative estimate of drug-likeness (QED) is 0.834. The molecule has 17 heavy (non-hydrogen) atoms. The smallest absolute Gasteiger partial charge is 0.405 e. The average molecular weight is 250 g/mol. The fourth-order valence-corrected chi connectivity index (χ4v) is 1.15. The summed E-state index contributed by atoms with van der Waals surface area (Å²) in [5.74, 6) is -0.0886. The standard InChI is InChI=1S/C10H13F3N2O2/c1-7(8-3-2-4-17-8)14-5-9(16)15-6-10(11,12)13/h2-4,7,14H,5-6H2,1H3,(H,15,16)/t7-/m0/s1. The molecule has 1 aromatic rings. The summed E-state index contributed by atoms with van der Waals surface area (Å²) in [4.78, 5) is 11.1. The van der Waals surface area contributed by atoms with E-state index < -0.39 is 18.6 Å². The van der Waals surface area contributed by atoms with E-state index in [1.54, 1.807) is 24.4 Å². The van der Waals surface area contributed by atoms with Crippen LogP contribution < -0.4 is 10.6 Å². The number of alkyl halides is 3. The van der Waals surface area contributed by atoms with Crippen molar-refractivity contribution in [3.8, 4) is 0 Å². The summed E-state index contributed by atoms with van der Waals surface area (Å²) >= 11 is 0. The Hall–Kier alpha value is -1.50. The van der Waals surface area contributed by atoms with E-state index >= 15 is 0 Å². The van der Waals surface area contributed by atoms with E-state index in [9.17, 15) is 18.0 Å². The molecule has 1 amide bonds.